The second-order valence-electron chi connectivity index (χ2n) is 17.1. The van der Waals surface area contributed by atoms with Gasteiger partial charge in [0.25, 0.3) is 0 Å². The lowest BCUT2D eigenvalue weighted by Gasteiger charge is -2.34. The van der Waals surface area contributed by atoms with Crippen molar-refractivity contribution < 1.29 is 53.4 Å². The topological polar surface area (TPSA) is 407 Å². The van der Waals surface area contributed by atoms with E-state index in [0.29, 0.717) is 24.0 Å². The molecule has 390 valence electrons. The molecule has 3 rings (SSSR count). The van der Waals surface area contributed by atoms with Gasteiger partial charge in [-0.05, 0) is 75.8 Å². The van der Waals surface area contributed by atoms with E-state index >= 15 is 0 Å². The van der Waals surface area contributed by atoms with Crippen LogP contribution in [0.25, 0.3) is 0 Å². The van der Waals surface area contributed by atoms with Crippen LogP contribution in [0.1, 0.15) is 64.0 Å². The fraction of sp³-hybridized carbons (Fsp3) is 0.511. The Hall–Kier alpha value is -6.64. The third kappa shape index (κ3) is 20.7. The molecule has 1 saturated heterocycles. The number of aromatic hydroxyl groups is 1. The number of nitrogens with two attached hydrogens (primary N) is 4. The SMILES string of the molecule is CC(=O)NC1C(=O)N[C@@H](Cc2ccc(O)cc2)C(=O)NCC(=O)N[C@@H](CO)C(=O)NC(Cc2ccccc2)C(=O)NC(C(=O)N[C@@H](CCCCN)C(=O)N[C@@H](CCCN=C(N)N)C(N)=O)CSSC1(C)C. The van der Waals surface area contributed by atoms with Gasteiger partial charge >= 0.3 is 0 Å². The van der Waals surface area contributed by atoms with E-state index in [-0.39, 0.29) is 62.7 Å². The van der Waals surface area contributed by atoms with Crippen molar-refractivity contribution in [3.8, 4) is 5.75 Å². The highest BCUT2D eigenvalue weighted by atomic mass is 33.1. The molecule has 1 heterocycles. The maximum Gasteiger partial charge on any atom is 0.245 e. The van der Waals surface area contributed by atoms with E-state index in [1.807, 2.05) is 0 Å². The number of aliphatic imine (C=N–C) groups is 1. The highest BCUT2D eigenvalue weighted by molar-refractivity contribution is 8.77. The summed E-state index contributed by atoms with van der Waals surface area (Å²) in [5.74, 6) is -8.02. The monoisotopic (exact) mass is 1030 g/mol. The predicted molar refractivity (Wildman–Crippen MR) is 267 cm³/mol. The number of amides is 9. The number of aliphatic hydroxyl groups is 1. The summed E-state index contributed by atoms with van der Waals surface area (Å²) in [6.07, 6.45) is 0.911. The van der Waals surface area contributed by atoms with Crippen LogP contribution in [0.3, 0.4) is 0 Å². The zero-order valence-electron chi connectivity index (χ0n) is 39.9. The van der Waals surface area contributed by atoms with Gasteiger partial charge in [-0.1, -0.05) is 64.1 Å². The summed E-state index contributed by atoms with van der Waals surface area (Å²) in [7, 11) is 2.06. The maximum atomic E-state index is 14.5. The highest BCUT2D eigenvalue weighted by Gasteiger charge is 2.40. The molecule has 71 heavy (non-hydrogen) atoms. The van der Waals surface area contributed by atoms with Crippen LogP contribution in [0.4, 0.5) is 0 Å². The molecule has 0 radical (unpaired) electrons. The number of rotatable bonds is 19. The van der Waals surface area contributed by atoms with Gasteiger partial charge in [0.15, 0.2) is 5.96 Å². The number of aliphatic hydroxyl groups excluding tert-OH is 1. The Labute approximate surface area is 419 Å². The van der Waals surface area contributed by atoms with Crippen molar-refractivity contribution >= 4 is 80.7 Å². The predicted octanol–water partition coefficient (Wildman–Crippen LogP) is -3.46. The van der Waals surface area contributed by atoms with Gasteiger partial charge < -0.3 is 75.7 Å². The van der Waals surface area contributed by atoms with Crippen molar-refractivity contribution in [1.82, 2.24) is 42.5 Å². The number of hydrogen-bond donors (Lipinski definition) is 14. The number of carbonyl (C=O) groups is 9. The van der Waals surface area contributed by atoms with Crippen LogP contribution in [-0.2, 0) is 56.0 Å². The third-order valence-electron chi connectivity index (χ3n) is 10.8. The van der Waals surface area contributed by atoms with E-state index in [4.69, 9.17) is 22.9 Å². The molecular formula is C45H67N13O11S2. The molecule has 26 heteroatoms. The minimum absolute atomic E-state index is 0.0457. The molecule has 0 saturated carbocycles. The van der Waals surface area contributed by atoms with Crippen molar-refractivity contribution in [2.45, 2.75) is 113 Å². The van der Waals surface area contributed by atoms with Crippen LogP contribution in [0.2, 0.25) is 0 Å². The summed E-state index contributed by atoms with van der Waals surface area (Å²) < 4.78 is -1.23. The Morgan fingerprint density at radius 3 is 1.99 bits per heavy atom. The maximum absolute atomic E-state index is 14.5. The van der Waals surface area contributed by atoms with Gasteiger partial charge in [0, 0.05) is 36.8 Å². The highest BCUT2D eigenvalue weighted by Crippen LogP contribution is 2.39. The number of phenolic OH excluding ortho intramolecular Hbond substituents is 1. The molecule has 0 bridgehead atoms. The van der Waals surface area contributed by atoms with E-state index in [2.05, 4.69) is 47.5 Å². The zero-order valence-corrected chi connectivity index (χ0v) is 41.5. The standard InChI is InChI=1S/C45H67N13O11S2/c1-25(60)52-36-43(69)57-31(21-27-14-16-28(61)17-15-27)38(64)51-22-35(62)53-33(23-59)41(67)56-32(20-26-10-5-4-6-11-26)40(66)58-34(24-70-71-45(36,2)3)42(68)55-30(12-7-8-18-46)39(65)54-29(37(47)63)13-9-19-50-44(48)49/h4-6,10-11,14-17,29-34,36,59,61H,7-9,12-13,18-24,46H2,1-3H3,(H2,47,63)(H,51,64)(H,52,60)(H,53,62)(H,54,65)(H,55,68)(H,56,67)(H,57,69)(H,58,66)(H4,48,49,50)/t29-,30-,31-,32?,33-,34?,36?/m0/s1. The molecule has 1 fully saturated rings. The van der Waals surface area contributed by atoms with Gasteiger partial charge in [0.1, 0.15) is 48.0 Å². The van der Waals surface area contributed by atoms with Crippen molar-refractivity contribution in [3.63, 3.8) is 0 Å². The molecule has 18 N–H and O–H groups in total. The number of guanidine groups is 1. The number of primary amides is 1. The first-order valence-corrected chi connectivity index (χ1v) is 25.1. The van der Waals surface area contributed by atoms with Crippen LogP contribution < -0.4 is 65.5 Å². The van der Waals surface area contributed by atoms with E-state index in [0.717, 1.165) is 21.6 Å². The van der Waals surface area contributed by atoms with Gasteiger partial charge in [-0.25, -0.2) is 0 Å². The van der Waals surface area contributed by atoms with Crippen LogP contribution in [0.5, 0.6) is 5.75 Å². The molecule has 24 nitrogen and oxygen atoms in total. The van der Waals surface area contributed by atoms with Crippen molar-refractivity contribution in [1.29, 1.82) is 0 Å². The van der Waals surface area contributed by atoms with Crippen molar-refractivity contribution in [2.75, 3.05) is 32.0 Å². The normalized spacial score (nSPS) is 21.3. The van der Waals surface area contributed by atoms with E-state index < -0.39 is 113 Å². The number of nitrogens with zero attached hydrogens (tertiary/aromatic N) is 1. The fourth-order valence-electron chi connectivity index (χ4n) is 7.00. The van der Waals surface area contributed by atoms with Gasteiger partial charge in [-0.3, -0.25) is 48.1 Å². The quantitative estimate of drug-likeness (QED) is 0.0282. The number of unbranched alkanes of at least 4 members (excludes halogenated alkanes) is 1. The number of nitrogens with one attached hydrogen (secondary N) is 8. The van der Waals surface area contributed by atoms with E-state index in [9.17, 15) is 53.4 Å². The van der Waals surface area contributed by atoms with Crippen LogP contribution in [0, 0.1) is 0 Å². The summed E-state index contributed by atoms with van der Waals surface area (Å²) in [5.41, 5.74) is 23.2. The average Bonchev–Trinajstić information content (AvgIpc) is 3.31. The van der Waals surface area contributed by atoms with Crippen LogP contribution in [-0.4, -0.2) is 148 Å². The fourth-order valence-corrected chi connectivity index (χ4v) is 9.82. The number of benzene rings is 2. The molecule has 0 aromatic heterocycles. The van der Waals surface area contributed by atoms with Crippen molar-refractivity contribution in [2.24, 2.45) is 27.9 Å². The molecule has 0 aliphatic carbocycles. The molecule has 9 amide bonds. The average molecular weight is 1030 g/mol. The van der Waals surface area contributed by atoms with E-state index in [1.165, 1.54) is 31.2 Å². The molecular weight excluding hydrogens is 963 g/mol. The van der Waals surface area contributed by atoms with Gasteiger partial charge in [-0.2, -0.15) is 0 Å². The Morgan fingerprint density at radius 1 is 0.775 bits per heavy atom. The van der Waals surface area contributed by atoms with E-state index in [1.54, 1.807) is 44.2 Å². The zero-order chi connectivity index (χ0) is 52.7. The van der Waals surface area contributed by atoms with Gasteiger partial charge in [-0.15, -0.1) is 0 Å². The summed E-state index contributed by atoms with van der Waals surface area (Å²) >= 11 is 0. The number of phenols is 1. The minimum atomic E-state index is -1.64. The third-order valence-corrected chi connectivity index (χ3v) is 14.1. The lowest BCUT2D eigenvalue weighted by molar-refractivity contribution is -0.135. The summed E-state index contributed by atoms with van der Waals surface area (Å²) in [5, 5.41) is 40.7. The Morgan fingerprint density at radius 2 is 1.38 bits per heavy atom. The molecule has 2 aromatic rings. The number of hydrogen-bond acceptors (Lipinski definition) is 15. The second kappa shape index (κ2) is 29.5. The molecule has 2 aromatic carbocycles. The summed E-state index contributed by atoms with van der Waals surface area (Å²) in [6, 6.07) is 4.59. The molecule has 3 unspecified atom stereocenters. The Balaban J connectivity index is 2.09. The first-order valence-electron chi connectivity index (χ1n) is 22.8. The largest absolute Gasteiger partial charge is 0.508 e. The Kier molecular flexibility index (Phi) is 24.4. The minimum Gasteiger partial charge on any atom is -0.508 e. The molecule has 7 atom stereocenters. The van der Waals surface area contributed by atoms with Gasteiger partial charge in [0.05, 0.1) is 13.2 Å². The first kappa shape index (κ1) is 58.7. The molecule has 1 aliphatic rings. The molecule has 0 spiro atoms. The molecule has 1 aliphatic heterocycles. The lowest BCUT2D eigenvalue weighted by Crippen LogP contribution is -2.61. The number of carbonyl (C=O) groups excluding carboxylic acids is 9. The van der Waals surface area contributed by atoms with Crippen LogP contribution >= 0.6 is 21.6 Å². The Bertz CT molecular complexity index is 2180. The van der Waals surface area contributed by atoms with Crippen LogP contribution in [0.15, 0.2) is 59.6 Å². The lowest BCUT2D eigenvalue weighted by atomic mass is 10.00. The second-order valence-corrected chi connectivity index (χ2v) is 20.1. The van der Waals surface area contributed by atoms with Gasteiger partial charge in [0.2, 0.25) is 53.2 Å². The smallest absolute Gasteiger partial charge is 0.245 e. The first-order chi connectivity index (χ1) is 33.6. The van der Waals surface area contributed by atoms with Crippen molar-refractivity contribution in [3.05, 3.63) is 65.7 Å². The summed E-state index contributed by atoms with van der Waals surface area (Å²) in [6.45, 7) is 3.17. The summed E-state index contributed by atoms with van der Waals surface area (Å²) in [4.78, 5) is 127.